The molecule has 0 saturated heterocycles. The Morgan fingerprint density at radius 2 is 2.20 bits per heavy atom. The summed E-state index contributed by atoms with van der Waals surface area (Å²) in [5.41, 5.74) is 1.52. The first-order valence-corrected chi connectivity index (χ1v) is 7.92. The third-order valence-electron chi connectivity index (χ3n) is 3.97. The molecule has 2 N–H and O–H groups in total. The molecule has 1 amide bonds. The second-order valence-corrected chi connectivity index (χ2v) is 5.88. The molecule has 0 unspecified atom stereocenters. The van der Waals surface area contributed by atoms with Crippen LogP contribution in [0.3, 0.4) is 0 Å². The van der Waals surface area contributed by atoms with Crippen molar-refractivity contribution in [1.82, 2.24) is 19.9 Å². The third kappa shape index (κ3) is 2.98. The van der Waals surface area contributed by atoms with Gasteiger partial charge in [0.15, 0.2) is 5.65 Å². The Balaban J connectivity index is 1.77. The van der Waals surface area contributed by atoms with E-state index in [4.69, 9.17) is 4.74 Å². The molecule has 1 aliphatic rings. The summed E-state index contributed by atoms with van der Waals surface area (Å²) < 4.78 is 21.0. The Kier molecular flexibility index (Phi) is 3.72. The lowest BCUT2D eigenvalue weighted by molar-refractivity contribution is 0.0933. The van der Waals surface area contributed by atoms with E-state index in [9.17, 15) is 9.18 Å². The molecule has 3 heterocycles. The minimum Gasteiger partial charge on any atom is -0.489 e. The van der Waals surface area contributed by atoms with Gasteiger partial charge in [-0.05, 0) is 31.2 Å². The van der Waals surface area contributed by atoms with E-state index in [1.54, 1.807) is 18.3 Å². The standard InChI is InChI=1S/C17H16FN5O2/c1-10-7-20-17(24)13-9-21-23-5-4-15(22-16(13)23)19-8-11-6-12(18)2-3-14(11)25-10/h2-6,9-10H,7-8H2,1H3,(H,19,22)(H,20,24)/t10-/m0/s1. The van der Waals surface area contributed by atoms with Gasteiger partial charge >= 0.3 is 0 Å². The monoisotopic (exact) mass is 341 g/mol. The van der Waals surface area contributed by atoms with Crippen LogP contribution in [0.4, 0.5) is 10.2 Å². The van der Waals surface area contributed by atoms with Gasteiger partial charge in [0.25, 0.3) is 5.91 Å². The second-order valence-electron chi connectivity index (χ2n) is 5.88. The van der Waals surface area contributed by atoms with Gasteiger partial charge in [-0.2, -0.15) is 5.10 Å². The minimum atomic E-state index is -0.337. The van der Waals surface area contributed by atoms with Crippen molar-refractivity contribution in [3.8, 4) is 5.75 Å². The lowest BCUT2D eigenvalue weighted by Gasteiger charge is -2.18. The van der Waals surface area contributed by atoms with E-state index in [0.717, 1.165) is 0 Å². The molecule has 0 fully saturated rings. The SMILES string of the molecule is C[C@H]1CNC(=O)c2cnn3ccc(nc23)NCc2cc(F)ccc2O1. The summed E-state index contributed by atoms with van der Waals surface area (Å²) in [6.07, 6.45) is 2.92. The molecule has 8 heteroatoms. The van der Waals surface area contributed by atoms with Gasteiger partial charge in [0.05, 0.1) is 12.7 Å². The number of rotatable bonds is 0. The summed E-state index contributed by atoms with van der Waals surface area (Å²) in [6.45, 7) is 2.49. The van der Waals surface area contributed by atoms with E-state index in [2.05, 4.69) is 20.7 Å². The highest BCUT2D eigenvalue weighted by atomic mass is 19.1. The van der Waals surface area contributed by atoms with Crippen molar-refractivity contribution in [3.05, 3.63) is 53.6 Å². The number of hydrogen-bond acceptors (Lipinski definition) is 5. The number of ether oxygens (including phenoxy) is 1. The summed E-state index contributed by atoms with van der Waals surface area (Å²) in [7, 11) is 0. The van der Waals surface area contributed by atoms with Crippen LogP contribution in [0, 0.1) is 5.82 Å². The smallest absolute Gasteiger partial charge is 0.256 e. The Labute approximate surface area is 142 Å². The summed E-state index contributed by atoms with van der Waals surface area (Å²) >= 11 is 0. The lowest BCUT2D eigenvalue weighted by atomic mass is 10.2. The fraction of sp³-hybridized carbons (Fsp3) is 0.235. The largest absolute Gasteiger partial charge is 0.489 e. The number of anilines is 1. The third-order valence-corrected chi connectivity index (χ3v) is 3.97. The molecule has 25 heavy (non-hydrogen) atoms. The number of fused-ring (bicyclic) bond motifs is 2. The topological polar surface area (TPSA) is 80.6 Å². The van der Waals surface area contributed by atoms with Gasteiger partial charge < -0.3 is 15.4 Å². The number of benzene rings is 1. The quantitative estimate of drug-likeness (QED) is 0.654. The molecule has 3 aromatic rings. The first-order chi connectivity index (χ1) is 12.1. The molecule has 0 aliphatic carbocycles. The summed E-state index contributed by atoms with van der Waals surface area (Å²) in [6, 6.07) is 6.11. The minimum absolute atomic E-state index is 0.270. The first kappa shape index (κ1) is 15.4. The Hall–Kier alpha value is -3.16. The maximum Gasteiger partial charge on any atom is 0.256 e. The van der Waals surface area contributed by atoms with Crippen molar-refractivity contribution < 1.29 is 13.9 Å². The van der Waals surface area contributed by atoms with E-state index >= 15 is 0 Å². The van der Waals surface area contributed by atoms with Crippen molar-refractivity contribution in [2.75, 3.05) is 11.9 Å². The average Bonchev–Trinajstić information content (AvgIpc) is 3.02. The number of carbonyl (C=O) groups is 1. The average molecular weight is 341 g/mol. The number of nitrogens with zero attached hydrogens (tertiary/aromatic N) is 3. The number of nitrogens with one attached hydrogen (secondary N) is 2. The van der Waals surface area contributed by atoms with Crippen LogP contribution in [-0.4, -0.2) is 33.2 Å². The zero-order valence-corrected chi connectivity index (χ0v) is 13.5. The van der Waals surface area contributed by atoms with Crippen LogP contribution in [0.5, 0.6) is 5.75 Å². The predicted molar refractivity (Wildman–Crippen MR) is 89.1 cm³/mol. The fourth-order valence-electron chi connectivity index (χ4n) is 2.70. The normalized spacial score (nSPS) is 17.5. The molecular weight excluding hydrogens is 325 g/mol. The van der Waals surface area contributed by atoms with Crippen molar-refractivity contribution in [2.45, 2.75) is 19.6 Å². The molecule has 4 rings (SSSR count). The van der Waals surface area contributed by atoms with Gasteiger partial charge in [-0.25, -0.2) is 13.9 Å². The molecule has 1 atom stereocenters. The summed E-state index contributed by atoms with van der Waals surface area (Å²) in [5, 5.41) is 10.1. The summed E-state index contributed by atoms with van der Waals surface area (Å²) in [5.74, 6) is 0.521. The van der Waals surface area contributed by atoms with Gasteiger partial charge in [-0.1, -0.05) is 0 Å². The van der Waals surface area contributed by atoms with Crippen molar-refractivity contribution >= 4 is 17.4 Å². The van der Waals surface area contributed by atoms with Crippen LogP contribution >= 0.6 is 0 Å². The summed E-state index contributed by atoms with van der Waals surface area (Å²) in [4.78, 5) is 16.8. The number of hydrogen-bond donors (Lipinski definition) is 2. The van der Waals surface area contributed by atoms with Gasteiger partial charge in [0, 0.05) is 18.3 Å². The lowest BCUT2D eigenvalue weighted by Crippen LogP contribution is -2.33. The molecule has 0 saturated carbocycles. The Morgan fingerprint density at radius 3 is 3.08 bits per heavy atom. The number of halogens is 1. The highest BCUT2D eigenvalue weighted by molar-refractivity contribution is 5.99. The maximum absolute atomic E-state index is 13.6. The maximum atomic E-state index is 13.6. The van der Waals surface area contributed by atoms with E-state index in [1.165, 1.54) is 22.8 Å². The van der Waals surface area contributed by atoms with Crippen LogP contribution in [0.2, 0.25) is 0 Å². The highest BCUT2D eigenvalue weighted by Gasteiger charge is 2.17. The van der Waals surface area contributed by atoms with Crippen LogP contribution in [0.15, 0.2) is 36.7 Å². The van der Waals surface area contributed by atoms with Gasteiger partial charge in [0.1, 0.15) is 29.1 Å². The molecule has 0 spiro atoms. The molecule has 2 aromatic heterocycles. The number of aromatic nitrogens is 3. The molecule has 2 bridgehead atoms. The molecule has 1 aliphatic heterocycles. The predicted octanol–water partition coefficient (Wildman–Crippen LogP) is 1.99. The first-order valence-electron chi connectivity index (χ1n) is 7.92. The molecule has 128 valence electrons. The molecule has 1 aromatic carbocycles. The number of carbonyl (C=O) groups excluding carboxylic acids is 1. The van der Waals surface area contributed by atoms with Crippen molar-refractivity contribution in [3.63, 3.8) is 0 Å². The molecular formula is C17H16FN5O2. The van der Waals surface area contributed by atoms with E-state index in [-0.39, 0.29) is 17.8 Å². The highest BCUT2D eigenvalue weighted by Crippen LogP contribution is 2.23. The van der Waals surface area contributed by atoms with Crippen molar-refractivity contribution in [1.29, 1.82) is 0 Å². The van der Waals surface area contributed by atoms with Crippen LogP contribution in [0.1, 0.15) is 22.8 Å². The van der Waals surface area contributed by atoms with Crippen molar-refractivity contribution in [2.24, 2.45) is 0 Å². The van der Waals surface area contributed by atoms with E-state index in [0.29, 0.717) is 41.4 Å². The van der Waals surface area contributed by atoms with Crippen LogP contribution in [-0.2, 0) is 6.54 Å². The molecule has 0 radical (unpaired) electrons. The van der Waals surface area contributed by atoms with Gasteiger partial charge in [0.2, 0.25) is 0 Å². The van der Waals surface area contributed by atoms with Gasteiger partial charge in [-0.15, -0.1) is 0 Å². The van der Waals surface area contributed by atoms with E-state index < -0.39 is 0 Å². The Morgan fingerprint density at radius 1 is 1.32 bits per heavy atom. The van der Waals surface area contributed by atoms with Crippen LogP contribution < -0.4 is 15.4 Å². The Bertz CT molecular complexity index is 955. The van der Waals surface area contributed by atoms with Gasteiger partial charge in [-0.3, -0.25) is 4.79 Å². The fourth-order valence-corrected chi connectivity index (χ4v) is 2.70. The number of amides is 1. The zero-order valence-electron chi connectivity index (χ0n) is 13.5. The van der Waals surface area contributed by atoms with E-state index in [1.807, 2.05) is 6.92 Å². The van der Waals surface area contributed by atoms with Crippen LogP contribution in [0.25, 0.3) is 5.65 Å². The zero-order chi connectivity index (χ0) is 17.4. The second kappa shape index (κ2) is 6.04. The molecule has 7 nitrogen and oxygen atoms in total.